The molecule has 16 heavy (non-hydrogen) atoms. The first-order valence-corrected chi connectivity index (χ1v) is 4.40. The predicted molar refractivity (Wildman–Crippen MR) is 48.5 cm³/mol. The number of hydrogen-bond donors (Lipinski definition) is 1. The molecule has 2 heterocycles. The maximum atomic E-state index is 12.9. The molecule has 0 saturated carbocycles. The molecule has 0 aliphatic carbocycles. The number of alkyl halides is 4. The molecule has 0 aromatic carbocycles. The summed E-state index contributed by atoms with van der Waals surface area (Å²) in [6.45, 7) is 1.71. The van der Waals surface area contributed by atoms with Crippen molar-refractivity contribution in [3.63, 3.8) is 0 Å². The lowest BCUT2D eigenvalue weighted by Gasteiger charge is -2.10. The number of H-pyrrole nitrogens is 1. The molecule has 0 atom stereocenters. The van der Waals surface area contributed by atoms with E-state index in [-0.39, 0.29) is 11.2 Å². The summed E-state index contributed by atoms with van der Waals surface area (Å²) in [5, 5.41) is 0. The highest BCUT2D eigenvalue weighted by molar-refractivity contribution is 5.71. The van der Waals surface area contributed by atoms with Crippen molar-refractivity contribution >= 4 is 11.2 Å². The van der Waals surface area contributed by atoms with Crippen LogP contribution in [-0.4, -0.2) is 21.4 Å². The van der Waals surface area contributed by atoms with E-state index >= 15 is 0 Å². The molecule has 0 spiro atoms. The van der Waals surface area contributed by atoms with Crippen LogP contribution in [0.4, 0.5) is 17.6 Å². The fourth-order valence-electron chi connectivity index (χ4n) is 1.27. The molecule has 2 aromatic rings. The highest BCUT2D eigenvalue weighted by Gasteiger charge is 2.45. The van der Waals surface area contributed by atoms with E-state index in [1.54, 1.807) is 6.92 Å². The molecule has 2 aromatic heterocycles. The Morgan fingerprint density at radius 1 is 1.38 bits per heavy atom. The highest BCUT2D eigenvalue weighted by Crippen LogP contribution is 2.33. The number of aryl methyl sites for hydroxylation is 1. The average Bonchev–Trinajstić information content (AvgIpc) is 2.60. The Labute approximate surface area is 87.5 Å². The summed E-state index contributed by atoms with van der Waals surface area (Å²) in [6.07, 6.45) is -2.37. The maximum Gasteiger partial charge on any atom is 0.363 e. The average molecular weight is 233 g/mol. The molecule has 0 aliphatic heterocycles. The minimum Gasteiger partial charge on any atom is -0.335 e. The van der Waals surface area contributed by atoms with Crippen molar-refractivity contribution in [2.45, 2.75) is 19.3 Å². The fourth-order valence-corrected chi connectivity index (χ4v) is 1.27. The van der Waals surface area contributed by atoms with E-state index < -0.39 is 18.2 Å². The van der Waals surface area contributed by atoms with Crippen molar-refractivity contribution in [2.75, 3.05) is 0 Å². The van der Waals surface area contributed by atoms with Crippen molar-refractivity contribution in [3.05, 3.63) is 23.7 Å². The minimum atomic E-state index is -4.28. The van der Waals surface area contributed by atoms with Crippen molar-refractivity contribution < 1.29 is 17.6 Å². The molecule has 86 valence electrons. The van der Waals surface area contributed by atoms with Crippen molar-refractivity contribution in [3.8, 4) is 0 Å². The Balaban J connectivity index is 2.55. The molecule has 7 heteroatoms. The zero-order valence-corrected chi connectivity index (χ0v) is 8.14. The topological polar surface area (TPSA) is 41.6 Å². The van der Waals surface area contributed by atoms with Gasteiger partial charge in [-0.25, -0.2) is 18.7 Å². The normalized spacial score (nSPS) is 12.6. The summed E-state index contributed by atoms with van der Waals surface area (Å²) >= 11 is 0. The standard InChI is InChI=1S/C9H7F4N3/c1-4-2-5-6(14-3-4)16-8(15-5)9(12,13)7(10)11/h2-3,7H,1H3,(H,14,15,16). The third-order valence-corrected chi connectivity index (χ3v) is 2.06. The van der Waals surface area contributed by atoms with E-state index in [1.165, 1.54) is 12.3 Å². The van der Waals surface area contributed by atoms with Crippen LogP contribution < -0.4 is 0 Å². The summed E-state index contributed by atoms with van der Waals surface area (Å²) in [5.74, 6) is -5.34. The largest absolute Gasteiger partial charge is 0.363 e. The van der Waals surface area contributed by atoms with Gasteiger partial charge in [0, 0.05) is 6.20 Å². The molecule has 0 radical (unpaired) electrons. The first-order valence-electron chi connectivity index (χ1n) is 4.40. The van der Waals surface area contributed by atoms with Crippen LogP contribution >= 0.6 is 0 Å². The third-order valence-electron chi connectivity index (χ3n) is 2.06. The van der Waals surface area contributed by atoms with Gasteiger partial charge >= 0.3 is 12.3 Å². The number of hydrogen-bond acceptors (Lipinski definition) is 2. The second-order valence-electron chi connectivity index (χ2n) is 3.39. The quantitative estimate of drug-likeness (QED) is 0.810. The van der Waals surface area contributed by atoms with Gasteiger partial charge in [0.1, 0.15) is 0 Å². The van der Waals surface area contributed by atoms with Crippen LogP contribution in [0.15, 0.2) is 12.3 Å². The number of fused-ring (bicyclic) bond motifs is 1. The van der Waals surface area contributed by atoms with E-state index in [0.717, 1.165) is 5.56 Å². The smallest absolute Gasteiger partial charge is 0.335 e. The first kappa shape index (κ1) is 10.8. The third kappa shape index (κ3) is 1.62. The number of pyridine rings is 1. The zero-order valence-electron chi connectivity index (χ0n) is 8.14. The first-order chi connectivity index (χ1) is 7.41. The Morgan fingerprint density at radius 2 is 2.06 bits per heavy atom. The van der Waals surface area contributed by atoms with Crippen LogP contribution in [-0.2, 0) is 5.92 Å². The van der Waals surface area contributed by atoms with Crippen LogP contribution in [0.3, 0.4) is 0 Å². The molecule has 0 saturated heterocycles. The Hall–Kier alpha value is -1.66. The number of nitrogens with one attached hydrogen (secondary N) is 1. The van der Waals surface area contributed by atoms with Gasteiger partial charge in [0.2, 0.25) is 0 Å². The molecular weight excluding hydrogens is 226 g/mol. The summed E-state index contributed by atoms with van der Waals surface area (Å²) in [4.78, 5) is 9.26. The maximum absolute atomic E-state index is 12.9. The number of aromatic amines is 1. The number of halogens is 4. The lowest BCUT2D eigenvalue weighted by Crippen LogP contribution is -2.25. The van der Waals surface area contributed by atoms with E-state index in [9.17, 15) is 17.6 Å². The molecular formula is C9H7F4N3. The molecule has 0 bridgehead atoms. The van der Waals surface area contributed by atoms with Gasteiger partial charge in [-0.3, -0.25) is 0 Å². The SMILES string of the molecule is Cc1cnc2nc(C(F)(F)C(F)F)[nH]c2c1. The molecule has 3 nitrogen and oxygen atoms in total. The number of aromatic nitrogens is 3. The van der Waals surface area contributed by atoms with Crippen molar-refractivity contribution in [1.82, 2.24) is 15.0 Å². The van der Waals surface area contributed by atoms with Gasteiger partial charge in [0.15, 0.2) is 11.5 Å². The number of nitrogens with zero attached hydrogens (tertiary/aromatic N) is 2. The summed E-state index contributed by atoms with van der Waals surface area (Å²) in [7, 11) is 0. The zero-order chi connectivity index (χ0) is 11.9. The van der Waals surface area contributed by atoms with Crippen molar-refractivity contribution in [2.24, 2.45) is 0 Å². The van der Waals surface area contributed by atoms with Gasteiger partial charge in [0.25, 0.3) is 0 Å². The van der Waals surface area contributed by atoms with Gasteiger partial charge in [-0.2, -0.15) is 8.78 Å². The van der Waals surface area contributed by atoms with Crippen LogP contribution in [0.5, 0.6) is 0 Å². The second kappa shape index (κ2) is 3.43. The Kier molecular flexibility index (Phi) is 2.32. The van der Waals surface area contributed by atoms with E-state index in [0.29, 0.717) is 0 Å². The van der Waals surface area contributed by atoms with Gasteiger partial charge < -0.3 is 4.98 Å². The lowest BCUT2D eigenvalue weighted by molar-refractivity contribution is -0.140. The summed E-state index contributed by atoms with van der Waals surface area (Å²) < 4.78 is 50.0. The van der Waals surface area contributed by atoms with Gasteiger partial charge in [-0.15, -0.1) is 0 Å². The Bertz CT molecular complexity index is 520. The van der Waals surface area contributed by atoms with Gasteiger partial charge in [-0.05, 0) is 18.6 Å². The van der Waals surface area contributed by atoms with Crippen molar-refractivity contribution in [1.29, 1.82) is 0 Å². The molecule has 0 aliphatic rings. The Morgan fingerprint density at radius 3 is 2.69 bits per heavy atom. The molecule has 0 unspecified atom stereocenters. The number of imidazole rings is 1. The lowest BCUT2D eigenvalue weighted by atomic mass is 10.3. The van der Waals surface area contributed by atoms with Crippen LogP contribution in [0.2, 0.25) is 0 Å². The van der Waals surface area contributed by atoms with Crippen LogP contribution in [0.25, 0.3) is 11.2 Å². The van der Waals surface area contributed by atoms with E-state index in [4.69, 9.17) is 0 Å². The highest BCUT2D eigenvalue weighted by atomic mass is 19.3. The molecule has 0 fully saturated rings. The van der Waals surface area contributed by atoms with Crippen LogP contribution in [0, 0.1) is 6.92 Å². The predicted octanol–water partition coefficient (Wildman–Crippen LogP) is 2.62. The monoisotopic (exact) mass is 233 g/mol. The number of rotatable bonds is 2. The van der Waals surface area contributed by atoms with Gasteiger partial charge in [-0.1, -0.05) is 0 Å². The molecule has 1 N–H and O–H groups in total. The summed E-state index contributed by atoms with van der Waals surface area (Å²) in [5.41, 5.74) is 0.944. The summed E-state index contributed by atoms with van der Waals surface area (Å²) in [6, 6.07) is 1.51. The van der Waals surface area contributed by atoms with E-state index in [2.05, 4.69) is 15.0 Å². The molecule has 0 amide bonds. The fraction of sp³-hybridized carbons (Fsp3) is 0.333. The molecule has 2 rings (SSSR count). The van der Waals surface area contributed by atoms with E-state index in [1.807, 2.05) is 0 Å². The van der Waals surface area contributed by atoms with Crippen LogP contribution in [0.1, 0.15) is 11.4 Å². The second-order valence-corrected chi connectivity index (χ2v) is 3.39. The van der Waals surface area contributed by atoms with Gasteiger partial charge in [0.05, 0.1) is 5.52 Å². The minimum absolute atomic E-state index is 0.000856.